The van der Waals surface area contributed by atoms with Gasteiger partial charge in [-0.1, -0.05) is 66.7 Å². The molecule has 1 aromatic heterocycles. The number of aromatic nitrogens is 1. The fourth-order valence-corrected chi connectivity index (χ4v) is 5.16. The topological polar surface area (TPSA) is 62.7 Å². The molecule has 0 unspecified atom stereocenters. The number of hydrogen-bond donors (Lipinski definition) is 0. The number of carbonyl (C=O) groups is 2. The van der Waals surface area contributed by atoms with Gasteiger partial charge in [-0.15, -0.1) is 0 Å². The summed E-state index contributed by atoms with van der Waals surface area (Å²) in [6.07, 6.45) is 2.42. The van der Waals surface area contributed by atoms with Crippen LogP contribution < -0.4 is 4.74 Å². The summed E-state index contributed by atoms with van der Waals surface area (Å²) in [5.41, 5.74) is 4.17. The Labute approximate surface area is 223 Å². The van der Waals surface area contributed by atoms with Crippen molar-refractivity contribution in [3.8, 4) is 5.75 Å². The first-order valence-electron chi connectivity index (χ1n) is 12.8. The Bertz CT molecular complexity index is 1390. The number of benzene rings is 3. The van der Waals surface area contributed by atoms with Gasteiger partial charge in [-0.25, -0.2) is 0 Å². The second-order valence-corrected chi connectivity index (χ2v) is 9.53. The van der Waals surface area contributed by atoms with Crippen LogP contribution in [-0.4, -0.2) is 47.3 Å². The highest BCUT2D eigenvalue weighted by molar-refractivity contribution is 6.01. The lowest BCUT2D eigenvalue weighted by Gasteiger charge is -2.43. The van der Waals surface area contributed by atoms with Gasteiger partial charge in [0.2, 0.25) is 5.91 Å². The molecular formula is C32H31N3O3. The zero-order chi connectivity index (χ0) is 26.5. The molecule has 0 saturated heterocycles. The van der Waals surface area contributed by atoms with Gasteiger partial charge in [0.15, 0.2) is 0 Å². The van der Waals surface area contributed by atoms with Gasteiger partial charge < -0.3 is 14.5 Å². The van der Waals surface area contributed by atoms with E-state index < -0.39 is 12.0 Å². The smallest absolute Gasteiger partial charge is 0.255 e. The fraction of sp³-hybridized carbons (Fsp3) is 0.219. The van der Waals surface area contributed by atoms with Crippen LogP contribution in [0, 0.1) is 0 Å². The molecule has 2 amide bonds. The van der Waals surface area contributed by atoms with Crippen LogP contribution in [0.25, 0.3) is 0 Å². The lowest BCUT2D eigenvalue weighted by Crippen LogP contribution is -2.47. The van der Waals surface area contributed by atoms with E-state index in [1.807, 2.05) is 109 Å². The van der Waals surface area contributed by atoms with E-state index in [0.717, 1.165) is 28.1 Å². The largest absolute Gasteiger partial charge is 0.497 e. The summed E-state index contributed by atoms with van der Waals surface area (Å²) in [6.45, 7) is 0.919. The molecule has 0 fully saturated rings. The molecule has 2 heterocycles. The summed E-state index contributed by atoms with van der Waals surface area (Å²) < 4.78 is 5.38. The van der Waals surface area contributed by atoms with Crippen LogP contribution in [0.3, 0.4) is 0 Å². The first-order chi connectivity index (χ1) is 18.6. The number of pyridine rings is 1. The maximum atomic E-state index is 14.2. The van der Waals surface area contributed by atoms with E-state index in [2.05, 4.69) is 4.98 Å². The van der Waals surface area contributed by atoms with Gasteiger partial charge in [0.25, 0.3) is 5.91 Å². The molecule has 1 aliphatic heterocycles. The van der Waals surface area contributed by atoms with Crippen LogP contribution >= 0.6 is 0 Å². The van der Waals surface area contributed by atoms with E-state index in [4.69, 9.17) is 4.74 Å². The van der Waals surface area contributed by atoms with Crippen LogP contribution in [0.4, 0.5) is 0 Å². The van der Waals surface area contributed by atoms with Crippen molar-refractivity contribution in [2.45, 2.75) is 24.9 Å². The minimum Gasteiger partial charge on any atom is -0.497 e. The van der Waals surface area contributed by atoms with Crippen molar-refractivity contribution in [1.82, 2.24) is 14.8 Å². The number of nitrogens with zero attached hydrogens (tertiary/aromatic N) is 3. The molecule has 0 aliphatic carbocycles. The third kappa shape index (κ3) is 5.16. The lowest BCUT2D eigenvalue weighted by atomic mass is 9.78. The summed E-state index contributed by atoms with van der Waals surface area (Å²) in [5, 5.41) is 0. The number of amides is 2. The van der Waals surface area contributed by atoms with Gasteiger partial charge in [-0.05, 0) is 47.0 Å². The number of carbonyl (C=O) groups excluding carboxylic acids is 2. The summed E-state index contributed by atoms with van der Waals surface area (Å²) in [6, 6.07) is 30.4. The second kappa shape index (κ2) is 11.3. The molecule has 2 atom stereocenters. The molecule has 5 rings (SSSR count). The number of fused-ring (bicyclic) bond motifs is 1. The number of methoxy groups -OCH3 is 1. The Morgan fingerprint density at radius 2 is 1.63 bits per heavy atom. The van der Waals surface area contributed by atoms with E-state index in [1.165, 1.54) is 0 Å². The Morgan fingerprint density at radius 1 is 0.921 bits per heavy atom. The molecule has 0 N–H and O–H groups in total. The molecule has 192 valence electrons. The minimum atomic E-state index is -0.560. The molecule has 1 aliphatic rings. The molecule has 0 saturated carbocycles. The highest BCUT2D eigenvalue weighted by atomic mass is 16.5. The van der Waals surface area contributed by atoms with Gasteiger partial charge >= 0.3 is 0 Å². The predicted molar refractivity (Wildman–Crippen MR) is 147 cm³/mol. The van der Waals surface area contributed by atoms with Gasteiger partial charge in [0.1, 0.15) is 5.75 Å². The molecule has 6 heteroatoms. The van der Waals surface area contributed by atoms with E-state index in [-0.39, 0.29) is 11.8 Å². The van der Waals surface area contributed by atoms with Gasteiger partial charge in [0.05, 0.1) is 19.1 Å². The molecule has 0 bridgehead atoms. The first-order valence-corrected chi connectivity index (χ1v) is 12.8. The third-order valence-corrected chi connectivity index (χ3v) is 7.16. The summed E-state index contributed by atoms with van der Waals surface area (Å²) in [7, 11) is 3.46. The van der Waals surface area contributed by atoms with Crippen LogP contribution in [0.1, 0.15) is 44.7 Å². The molecule has 0 radical (unpaired) electrons. The van der Waals surface area contributed by atoms with Gasteiger partial charge in [0, 0.05) is 44.0 Å². The maximum Gasteiger partial charge on any atom is 0.255 e. The molecule has 4 aromatic rings. The maximum absolute atomic E-state index is 14.2. The fourth-order valence-electron chi connectivity index (χ4n) is 5.16. The average Bonchev–Trinajstić information content (AvgIpc) is 2.98. The van der Waals surface area contributed by atoms with Crippen LogP contribution in [-0.2, 0) is 17.8 Å². The highest BCUT2D eigenvalue weighted by Crippen LogP contribution is 2.44. The van der Waals surface area contributed by atoms with Crippen molar-refractivity contribution in [2.75, 3.05) is 20.7 Å². The van der Waals surface area contributed by atoms with Crippen molar-refractivity contribution in [3.63, 3.8) is 0 Å². The quantitative estimate of drug-likeness (QED) is 0.327. The van der Waals surface area contributed by atoms with Crippen molar-refractivity contribution in [1.29, 1.82) is 0 Å². The normalized spacial score (nSPS) is 16.6. The van der Waals surface area contributed by atoms with Crippen molar-refractivity contribution < 1.29 is 14.3 Å². The Kier molecular flexibility index (Phi) is 7.50. The number of ether oxygens (including phenoxy) is 1. The molecular weight excluding hydrogens is 474 g/mol. The number of hydrogen-bond acceptors (Lipinski definition) is 4. The Hall–Kier alpha value is -4.45. The van der Waals surface area contributed by atoms with Gasteiger partial charge in [-0.2, -0.15) is 0 Å². The first kappa shape index (κ1) is 25.2. The molecule has 3 aromatic carbocycles. The van der Waals surface area contributed by atoms with Crippen molar-refractivity contribution >= 4 is 11.8 Å². The van der Waals surface area contributed by atoms with Crippen LogP contribution in [0.15, 0.2) is 103 Å². The van der Waals surface area contributed by atoms with Crippen molar-refractivity contribution in [3.05, 3.63) is 131 Å². The second-order valence-electron chi connectivity index (χ2n) is 9.53. The summed E-state index contributed by atoms with van der Waals surface area (Å²) >= 11 is 0. The standard InChI is InChI=1S/C32H31N3O3/c1-34(21-19-25-12-8-9-20-33-25)32(37)29-27-13-6-7-14-28(27)31(36)35(22-23-10-4-3-5-11-23)30(29)24-15-17-26(38-2)18-16-24/h3-18,20,29-30H,19,21-22H2,1-2H3/t29-,30-/m0/s1. The summed E-state index contributed by atoms with van der Waals surface area (Å²) in [4.78, 5) is 36.2. The van der Waals surface area contributed by atoms with Gasteiger partial charge in [-0.3, -0.25) is 14.6 Å². The van der Waals surface area contributed by atoms with E-state index in [1.54, 1.807) is 18.2 Å². The summed E-state index contributed by atoms with van der Waals surface area (Å²) in [5.74, 6) is 0.0567. The monoisotopic (exact) mass is 505 g/mol. The average molecular weight is 506 g/mol. The zero-order valence-electron chi connectivity index (χ0n) is 21.7. The predicted octanol–water partition coefficient (Wildman–Crippen LogP) is 5.27. The molecule has 0 spiro atoms. The van der Waals surface area contributed by atoms with Crippen molar-refractivity contribution in [2.24, 2.45) is 0 Å². The highest BCUT2D eigenvalue weighted by Gasteiger charge is 2.45. The van der Waals surface area contributed by atoms with E-state index >= 15 is 0 Å². The van der Waals surface area contributed by atoms with Crippen LogP contribution in [0.5, 0.6) is 5.75 Å². The SMILES string of the molecule is COc1ccc([C@H]2[C@@H](C(=O)N(C)CCc3ccccn3)c3ccccc3C(=O)N2Cc2ccccc2)cc1. The van der Waals surface area contributed by atoms with Crippen LogP contribution in [0.2, 0.25) is 0 Å². The minimum absolute atomic E-state index is 0.0280. The zero-order valence-corrected chi connectivity index (χ0v) is 21.7. The Balaban J connectivity index is 1.56. The van der Waals surface area contributed by atoms with E-state index in [9.17, 15) is 9.59 Å². The van der Waals surface area contributed by atoms with E-state index in [0.29, 0.717) is 25.1 Å². The molecule has 38 heavy (non-hydrogen) atoms. The number of rotatable bonds is 8. The molecule has 6 nitrogen and oxygen atoms in total. The lowest BCUT2D eigenvalue weighted by molar-refractivity contribution is -0.133. The number of likely N-dealkylation sites (N-methyl/N-ethyl adjacent to an activating group) is 1. The Morgan fingerprint density at radius 3 is 2.34 bits per heavy atom. The third-order valence-electron chi connectivity index (χ3n) is 7.16.